The molecule has 31 heavy (non-hydrogen) atoms. The molecule has 166 valence electrons. The molecule has 1 N–H and O–H groups in total. The highest BCUT2D eigenvalue weighted by molar-refractivity contribution is 6.35. The molecule has 2 aromatic rings. The van der Waals surface area contributed by atoms with Crippen LogP contribution < -0.4 is 5.32 Å². The summed E-state index contributed by atoms with van der Waals surface area (Å²) in [7, 11) is 0. The van der Waals surface area contributed by atoms with Crippen LogP contribution in [0.4, 0.5) is 0 Å². The normalized spacial score (nSPS) is 15.4. The lowest BCUT2D eigenvalue weighted by atomic mass is 9.95. The second-order valence-corrected chi connectivity index (χ2v) is 9.36. The van der Waals surface area contributed by atoms with Crippen LogP contribution in [0, 0.1) is 0 Å². The van der Waals surface area contributed by atoms with Gasteiger partial charge in [-0.2, -0.15) is 0 Å². The number of halogens is 3. The van der Waals surface area contributed by atoms with E-state index in [0.717, 1.165) is 31.2 Å². The van der Waals surface area contributed by atoms with Gasteiger partial charge in [-0.25, -0.2) is 0 Å². The zero-order valence-electron chi connectivity index (χ0n) is 17.5. The third-order valence-electron chi connectivity index (χ3n) is 5.74. The van der Waals surface area contributed by atoms with Gasteiger partial charge in [-0.3, -0.25) is 9.59 Å². The first-order chi connectivity index (χ1) is 14.8. The van der Waals surface area contributed by atoms with Gasteiger partial charge < -0.3 is 10.2 Å². The monoisotopic (exact) mass is 480 g/mol. The Morgan fingerprint density at radius 3 is 2.29 bits per heavy atom. The van der Waals surface area contributed by atoms with Gasteiger partial charge in [-0.05, 0) is 55.2 Å². The largest absolute Gasteiger partial charge is 0.352 e. The summed E-state index contributed by atoms with van der Waals surface area (Å²) >= 11 is 18.3. The Kier molecular flexibility index (Phi) is 8.65. The predicted molar refractivity (Wildman–Crippen MR) is 127 cm³/mol. The highest BCUT2D eigenvalue weighted by Crippen LogP contribution is 2.23. The van der Waals surface area contributed by atoms with Crippen molar-refractivity contribution >= 4 is 46.6 Å². The van der Waals surface area contributed by atoms with Gasteiger partial charge in [0.1, 0.15) is 6.04 Å². The molecular weight excluding hydrogens is 455 g/mol. The van der Waals surface area contributed by atoms with Crippen molar-refractivity contribution in [1.82, 2.24) is 10.2 Å². The zero-order chi connectivity index (χ0) is 22.4. The maximum Gasteiger partial charge on any atom is 0.242 e. The van der Waals surface area contributed by atoms with Crippen molar-refractivity contribution in [3.05, 3.63) is 68.7 Å². The Balaban J connectivity index is 1.77. The molecule has 2 amide bonds. The van der Waals surface area contributed by atoms with Crippen LogP contribution >= 0.6 is 34.8 Å². The van der Waals surface area contributed by atoms with Gasteiger partial charge in [-0.1, -0.05) is 72.3 Å². The number of amides is 2. The highest BCUT2D eigenvalue weighted by atomic mass is 35.5. The van der Waals surface area contributed by atoms with Crippen LogP contribution in [0.3, 0.4) is 0 Å². The van der Waals surface area contributed by atoms with Crippen LogP contribution in [0.15, 0.2) is 42.5 Å². The Morgan fingerprint density at radius 2 is 1.65 bits per heavy atom. The summed E-state index contributed by atoms with van der Waals surface area (Å²) in [6.45, 7) is 2.08. The number of nitrogens with zero attached hydrogens (tertiary/aromatic N) is 1. The Labute approximate surface area is 198 Å². The van der Waals surface area contributed by atoms with Crippen LogP contribution in [0.5, 0.6) is 0 Å². The topological polar surface area (TPSA) is 49.4 Å². The molecular formula is C24H27Cl3N2O2. The average molecular weight is 482 g/mol. The van der Waals surface area contributed by atoms with E-state index in [1.54, 1.807) is 42.2 Å². The molecule has 0 unspecified atom stereocenters. The van der Waals surface area contributed by atoms with Crippen LogP contribution in [-0.4, -0.2) is 28.8 Å². The molecule has 1 fully saturated rings. The maximum absolute atomic E-state index is 13.3. The van der Waals surface area contributed by atoms with Gasteiger partial charge in [0.25, 0.3) is 0 Å². The van der Waals surface area contributed by atoms with Gasteiger partial charge in [0.2, 0.25) is 11.8 Å². The van der Waals surface area contributed by atoms with Crippen LogP contribution in [0.25, 0.3) is 0 Å². The minimum absolute atomic E-state index is 0.0879. The number of benzene rings is 2. The molecule has 1 saturated carbocycles. The van der Waals surface area contributed by atoms with E-state index >= 15 is 0 Å². The second kappa shape index (κ2) is 11.2. The van der Waals surface area contributed by atoms with E-state index in [9.17, 15) is 9.59 Å². The predicted octanol–water partition coefficient (Wildman–Crippen LogP) is 6.06. The van der Waals surface area contributed by atoms with E-state index in [0.29, 0.717) is 27.2 Å². The van der Waals surface area contributed by atoms with Crippen molar-refractivity contribution < 1.29 is 9.59 Å². The summed E-state index contributed by atoms with van der Waals surface area (Å²) in [4.78, 5) is 27.9. The fourth-order valence-electron chi connectivity index (χ4n) is 3.87. The third kappa shape index (κ3) is 6.86. The Morgan fingerprint density at radius 1 is 1.00 bits per heavy atom. The molecule has 7 heteroatoms. The van der Waals surface area contributed by atoms with Crippen molar-refractivity contribution in [2.45, 2.75) is 64.1 Å². The SMILES string of the molecule is C[C@H](C(=O)NC1CCCCC1)N(Cc1ccc(Cl)cc1)C(=O)Cc1ccc(Cl)cc1Cl. The summed E-state index contributed by atoms with van der Waals surface area (Å²) in [5.41, 5.74) is 1.58. The number of rotatable bonds is 7. The molecule has 0 radical (unpaired) electrons. The lowest BCUT2D eigenvalue weighted by Gasteiger charge is -2.31. The van der Waals surface area contributed by atoms with Crippen LogP contribution in [-0.2, 0) is 22.6 Å². The van der Waals surface area contributed by atoms with Crippen LogP contribution in [0.1, 0.15) is 50.2 Å². The number of carbonyl (C=O) groups excluding carboxylic acids is 2. The Bertz CT molecular complexity index is 912. The minimum atomic E-state index is -0.615. The minimum Gasteiger partial charge on any atom is -0.352 e. The van der Waals surface area contributed by atoms with Crippen molar-refractivity contribution in [1.29, 1.82) is 0 Å². The third-order valence-corrected chi connectivity index (χ3v) is 6.58. The number of hydrogen-bond donors (Lipinski definition) is 1. The molecule has 0 heterocycles. The number of carbonyl (C=O) groups is 2. The van der Waals surface area contributed by atoms with Crippen molar-refractivity contribution in [2.24, 2.45) is 0 Å². The molecule has 0 spiro atoms. The quantitative estimate of drug-likeness (QED) is 0.523. The lowest BCUT2D eigenvalue weighted by Crippen LogP contribution is -2.50. The smallest absolute Gasteiger partial charge is 0.242 e. The second-order valence-electron chi connectivity index (χ2n) is 8.08. The molecule has 0 saturated heterocycles. The first-order valence-corrected chi connectivity index (χ1v) is 11.7. The summed E-state index contributed by atoms with van der Waals surface area (Å²) in [6.07, 6.45) is 5.53. The molecule has 4 nitrogen and oxygen atoms in total. The fourth-order valence-corrected chi connectivity index (χ4v) is 4.47. The molecule has 2 aromatic carbocycles. The molecule has 1 atom stereocenters. The van der Waals surface area contributed by atoms with E-state index in [2.05, 4.69) is 5.32 Å². The van der Waals surface area contributed by atoms with E-state index in [1.165, 1.54) is 6.42 Å². The number of hydrogen-bond acceptors (Lipinski definition) is 2. The highest BCUT2D eigenvalue weighted by Gasteiger charge is 2.28. The van der Waals surface area contributed by atoms with Crippen molar-refractivity contribution in [2.75, 3.05) is 0 Å². The summed E-state index contributed by atoms with van der Waals surface area (Å²) < 4.78 is 0. The maximum atomic E-state index is 13.3. The van der Waals surface area contributed by atoms with Crippen molar-refractivity contribution in [3.8, 4) is 0 Å². The van der Waals surface area contributed by atoms with E-state index in [1.807, 2.05) is 12.1 Å². The number of nitrogens with one attached hydrogen (secondary N) is 1. The summed E-state index contributed by atoms with van der Waals surface area (Å²) in [5.74, 6) is -0.304. The first-order valence-electron chi connectivity index (χ1n) is 10.6. The fraction of sp³-hybridized carbons (Fsp3) is 0.417. The summed E-state index contributed by atoms with van der Waals surface area (Å²) in [6, 6.07) is 11.9. The molecule has 1 aliphatic rings. The van der Waals surface area contributed by atoms with Gasteiger partial charge >= 0.3 is 0 Å². The standard InChI is InChI=1S/C24H27Cl3N2O2/c1-16(24(31)28-21-5-3-2-4-6-21)29(15-17-7-10-19(25)11-8-17)23(30)13-18-9-12-20(26)14-22(18)27/h7-12,14,16,21H,2-6,13,15H2,1H3,(H,28,31)/t16-/m1/s1. The molecule has 0 bridgehead atoms. The lowest BCUT2D eigenvalue weighted by molar-refractivity contribution is -0.140. The molecule has 0 aromatic heterocycles. The molecule has 1 aliphatic carbocycles. The van der Waals surface area contributed by atoms with Crippen molar-refractivity contribution in [3.63, 3.8) is 0 Å². The summed E-state index contributed by atoms with van der Waals surface area (Å²) in [5, 5.41) is 4.71. The van der Waals surface area contributed by atoms with E-state index in [4.69, 9.17) is 34.8 Å². The van der Waals surface area contributed by atoms with E-state index < -0.39 is 6.04 Å². The Hall–Kier alpha value is -1.75. The van der Waals surface area contributed by atoms with Gasteiger partial charge in [0.15, 0.2) is 0 Å². The molecule has 0 aliphatic heterocycles. The van der Waals surface area contributed by atoms with E-state index in [-0.39, 0.29) is 24.3 Å². The van der Waals surface area contributed by atoms with Gasteiger partial charge in [0, 0.05) is 27.7 Å². The first kappa shape index (κ1) is 23.9. The zero-order valence-corrected chi connectivity index (χ0v) is 19.8. The molecule has 3 rings (SSSR count). The van der Waals surface area contributed by atoms with Crippen LogP contribution in [0.2, 0.25) is 15.1 Å². The van der Waals surface area contributed by atoms with Gasteiger partial charge in [-0.15, -0.1) is 0 Å². The average Bonchev–Trinajstić information content (AvgIpc) is 2.75. The van der Waals surface area contributed by atoms with Gasteiger partial charge in [0.05, 0.1) is 6.42 Å².